The maximum absolute atomic E-state index is 12.3. The van der Waals surface area contributed by atoms with Crippen LogP contribution in [0.5, 0.6) is 0 Å². The van der Waals surface area contributed by atoms with Crippen LogP contribution in [0.1, 0.15) is 36.4 Å². The van der Waals surface area contributed by atoms with E-state index < -0.39 is 0 Å². The zero-order valence-corrected chi connectivity index (χ0v) is 13.9. The van der Waals surface area contributed by atoms with Gasteiger partial charge in [-0.05, 0) is 42.5 Å². The minimum Gasteiger partial charge on any atom is -0.408 e. The third-order valence-electron chi connectivity index (χ3n) is 4.83. The molecule has 4 rings (SSSR count). The Morgan fingerprint density at radius 3 is 2.88 bits per heavy atom. The lowest BCUT2D eigenvalue weighted by Gasteiger charge is -2.14. The molecule has 0 unspecified atom stereocenters. The number of rotatable bonds is 5. The fraction of sp³-hybridized carbons (Fsp3) is 0.300. The Labute approximate surface area is 145 Å². The van der Waals surface area contributed by atoms with Crippen LogP contribution in [0.25, 0.3) is 11.1 Å². The average Bonchev–Trinajstić information content (AvgIpc) is 3.16. The summed E-state index contributed by atoms with van der Waals surface area (Å²) in [6.07, 6.45) is 2.96. The topological polar surface area (TPSA) is 64.2 Å². The smallest absolute Gasteiger partial charge is 0.408 e. The third kappa shape index (κ3) is 3.09. The molecule has 1 atom stereocenters. The molecule has 3 aromatic rings. The number of para-hydroxylation sites is 2. The SMILES string of the molecule is O=C(CCCn1c(=O)oc2ccccc21)N[C@@H]1CCc2ccccc21. The van der Waals surface area contributed by atoms with Crippen LogP contribution in [0.4, 0.5) is 0 Å². The molecule has 1 heterocycles. The van der Waals surface area contributed by atoms with Crippen LogP contribution in [0.3, 0.4) is 0 Å². The second-order valence-corrected chi connectivity index (χ2v) is 6.45. The van der Waals surface area contributed by atoms with Crippen molar-refractivity contribution in [3.8, 4) is 0 Å². The number of aryl methyl sites for hydroxylation is 2. The zero-order chi connectivity index (χ0) is 17.2. The van der Waals surface area contributed by atoms with Crippen LogP contribution >= 0.6 is 0 Å². The number of hydrogen-bond acceptors (Lipinski definition) is 3. The van der Waals surface area contributed by atoms with Gasteiger partial charge in [0.05, 0.1) is 11.6 Å². The fourth-order valence-electron chi connectivity index (χ4n) is 3.60. The van der Waals surface area contributed by atoms with Crippen molar-refractivity contribution in [3.63, 3.8) is 0 Å². The van der Waals surface area contributed by atoms with Crippen LogP contribution in [-0.2, 0) is 17.8 Å². The molecule has 0 fully saturated rings. The molecule has 0 spiro atoms. The van der Waals surface area contributed by atoms with E-state index >= 15 is 0 Å². The van der Waals surface area contributed by atoms with E-state index in [1.165, 1.54) is 11.1 Å². The van der Waals surface area contributed by atoms with Crippen molar-refractivity contribution in [2.24, 2.45) is 0 Å². The van der Waals surface area contributed by atoms with Crippen molar-refractivity contribution in [2.75, 3.05) is 0 Å². The first kappa shape index (κ1) is 15.7. The number of nitrogens with one attached hydrogen (secondary N) is 1. The van der Waals surface area contributed by atoms with Gasteiger partial charge in [0.1, 0.15) is 0 Å². The molecule has 128 valence electrons. The molecule has 1 aliphatic carbocycles. The molecule has 5 nitrogen and oxygen atoms in total. The van der Waals surface area contributed by atoms with Crippen molar-refractivity contribution in [1.29, 1.82) is 0 Å². The molecule has 1 aliphatic rings. The summed E-state index contributed by atoms with van der Waals surface area (Å²) in [5.41, 5.74) is 3.91. The number of nitrogens with zero attached hydrogens (tertiary/aromatic N) is 1. The maximum Gasteiger partial charge on any atom is 0.419 e. The van der Waals surface area contributed by atoms with Gasteiger partial charge in [0.2, 0.25) is 5.91 Å². The van der Waals surface area contributed by atoms with Crippen LogP contribution in [0.15, 0.2) is 57.7 Å². The minimum absolute atomic E-state index is 0.0301. The average molecular weight is 336 g/mol. The first-order valence-electron chi connectivity index (χ1n) is 8.68. The number of carbonyl (C=O) groups is 1. The van der Waals surface area contributed by atoms with Gasteiger partial charge in [0.25, 0.3) is 0 Å². The van der Waals surface area contributed by atoms with Gasteiger partial charge in [-0.25, -0.2) is 4.79 Å². The van der Waals surface area contributed by atoms with E-state index in [-0.39, 0.29) is 17.7 Å². The molecule has 1 N–H and O–H groups in total. The van der Waals surface area contributed by atoms with E-state index in [4.69, 9.17) is 4.42 Å². The Hall–Kier alpha value is -2.82. The minimum atomic E-state index is -0.369. The molecular formula is C20H20N2O3. The predicted octanol–water partition coefficient (Wildman–Crippen LogP) is 3.18. The largest absolute Gasteiger partial charge is 0.419 e. The van der Waals surface area contributed by atoms with E-state index in [9.17, 15) is 9.59 Å². The summed E-state index contributed by atoms with van der Waals surface area (Å²) in [6.45, 7) is 0.477. The van der Waals surface area contributed by atoms with Crippen molar-refractivity contribution >= 4 is 17.0 Å². The van der Waals surface area contributed by atoms with Crippen molar-refractivity contribution < 1.29 is 9.21 Å². The number of oxazole rings is 1. The van der Waals surface area contributed by atoms with Gasteiger partial charge >= 0.3 is 5.76 Å². The Bertz CT molecular complexity index is 970. The normalized spacial score (nSPS) is 16.1. The summed E-state index contributed by atoms with van der Waals surface area (Å²) in [5.74, 6) is -0.339. The van der Waals surface area contributed by atoms with Crippen molar-refractivity contribution in [1.82, 2.24) is 9.88 Å². The Morgan fingerprint density at radius 1 is 1.16 bits per heavy atom. The lowest BCUT2D eigenvalue weighted by molar-refractivity contribution is -0.122. The second kappa shape index (κ2) is 6.59. The molecular weight excluding hydrogens is 316 g/mol. The van der Waals surface area contributed by atoms with Gasteiger partial charge in [-0.3, -0.25) is 9.36 Å². The summed E-state index contributed by atoms with van der Waals surface area (Å²) in [7, 11) is 0. The van der Waals surface area contributed by atoms with Crippen molar-refractivity contribution in [3.05, 3.63) is 70.2 Å². The molecule has 0 saturated carbocycles. The maximum atomic E-state index is 12.3. The van der Waals surface area contributed by atoms with Crippen molar-refractivity contribution in [2.45, 2.75) is 38.3 Å². The van der Waals surface area contributed by atoms with Crippen LogP contribution < -0.4 is 11.1 Å². The van der Waals surface area contributed by atoms with E-state index in [1.54, 1.807) is 10.6 Å². The zero-order valence-electron chi connectivity index (χ0n) is 13.9. The number of amides is 1. The molecule has 0 radical (unpaired) electrons. The summed E-state index contributed by atoms with van der Waals surface area (Å²) in [6, 6.07) is 15.7. The monoisotopic (exact) mass is 336 g/mol. The van der Waals surface area contributed by atoms with E-state index in [0.717, 1.165) is 18.4 Å². The lowest BCUT2D eigenvalue weighted by Crippen LogP contribution is -2.27. The molecule has 25 heavy (non-hydrogen) atoms. The van der Waals surface area contributed by atoms with E-state index in [2.05, 4.69) is 17.4 Å². The molecule has 0 saturated heterocycles. The van der Waals surface area contributed by atoms with Crippen LogP contribution in [0.2, 0.25) is 0 Å². The molecule has 1 aromatic heterocycles. The molecule has 2 aromatic carbocycles. The summed E-state index contributed by atoms with van der Waals surface area (Å²) in [5, 5.41) is 3.12. The van der Waals surface area contributed by atoms with Gasteiger partial charge < -0.3 is 9.73 Å². The molecule has 1 amide bonds. The summed E-state index contributed by atoms with van der Waals surface area (Å²) >= 11 is 0. The predicted molar refractivity (Wildman–Crippen MR) is 95.4 cm³/mol. The fourth-order valence-corrected chi connectivity index (χ4v) is 3.60. The van der Waals surface area contributed by atoms with Crippen LogP contribution in [-0.4, -0.2) is 10.5 Å². The molecule has 0 aliphatic heterocycles. The first-order chi connectivity index (χ1) is 12.2. The summed E-state index contributed by atoms with van der Waals surface area (Å²) in [4.78, 5) is 24.2. The highest BCUT2D eigenvalue weighted by Crippen LogP contribution is 2.30. The first-order valence-corrected chi connectivity index (χ1v) is 8.68. The lowest BCUT2D eigenvalue weighted by atomic mass is 10.1. The van der Waals surface area contributed by atoms with Gasteiger partial charge in [-0.1, -0.05) is 36.4 Å². The highest BCUT2D eigenvalue weighted by atomic mass is 16.4. The van der Waals surface area contributed by atoms with Gasteiger partial charge in [0.15, 0.2) is 5.58 Å². The van der Waals surface area contributed by atoms with E-state index in [1.807, 2.05) is 30.3 Å². The summed E-state index contributed by atoms with van der Waals surface area (Å²) < 4.78 is 6.80. The Morgan fingerprint density at radius 2 is 1.96 bits per heavy atom. The highest BCUT2D eigenvalue weighted by molar-refractivity contribution is 5.76. The number of aromatic nitrogens is 1. The van der Waals surface area contributed by atoms with Gasteiger partial charge in [-0.2, -0.15) is 0 Å². The standard InChI is InChI=1S/C20H20N2O3/c23-19(21-16-12-11-14-6-1-2-7-15(14)16)10-5-13-22-17-8-3-4-9-18(17)25-20(22)24/h1-4,6-9,16H,5,10-13H2,(H,21,23)/t16-/m1/s1. The Balaban J connectivity index is 1.35. The quantitative estimate of drug-likeness (QED) is 0.778. The number of benzene rings is 2. The number of hydrogen-bond donors (Lipinski definition) is 1. The van der Waals surface area contributed by atoms with E-state index in [0.29, 0.717) is 25.0 Å². The second-order valence-electron chi connectivity index (χ2n) is 6.45. The highest BCUT2D eigenvalue weighted by Gasteiger charge is 2.23. The van der Waals surface area contributed by atoms with Gasteiger partial charge in [-0.15, -0.1) is 0 Å². The van der Waals surface area contributed by atoms with Gasteiger partial charge in [0, 0.05) is 13.0 Å². The molecule has 0 bridgehead atoms. The Kier molecular flexibility index (Phi) is 4.14. The third-order valence-corrected chi connectivity index (χ3v) is 4.83. The molecule has 5 heteroatoms. The van der Waals surface area contributed by atoms with Crippen LogP contribution in [0, 0.1) is 0 Å². The number of fused-ring (bicyclic) bond motifs is 2. The number of carbonyl (C=O) groups excluding carboxylic acids is 1.